The number of hydrogen-bond acceptors (Lipinski definition) is 2. The molecule has 1 heterocycles. The van der Waals surface area contributed by atoms with E-state index in [-0.39, 0.29) is 6.42 Å². The lowest BCUT2D eigenvalue weighted by Crippen LogP contribution is -1.97. The second kappa shape index (κ2) is 4.59. The number of rotatable bonds is 4. The number of aromatic nitrogens is 2. The number of nitrogens with zero attached hydrogens (tertiary/aromatic N) is 2. The molecule has 0 aliphatic rings. The molecule has 0 aromatic carbocycles. The van der Waals surface area contributed by atoms with Crippen LogP contribution in [0.15, 0.2) is 4.60 Å². The molecule has 1 aromatic rings. The molecule has 14 heavy (non-hydrogen) atoms. The van der Waals surface area contributed by atoms with E-state index in [9.17, 15) is 4.79 Å². The first kappa shape index (κ1) is 11.2. The Morgan fingerprint density at radius 3 is 2.71 bits per heavy atom. The van der Waals surface area contributed by atoms with Crippen molar-refractivity contribution in [3.8, 4) is 0 Å². The van der Waals surface area contributed by atoms with Crippen molar-refractivity contribution in [2.45, 2.75) is 26.2 Å². The molecule has 0 spiro atoms. The Hall–Kier alpha value is -0.840. The normalized spacial score (nSPS) is 10.5. The molecule has 0 radical (unpaired) electrons. The van der Waals surface area contributed by atoms with Gasteiger partial charge in [0, 0.05) is 19.0 Å². The molecule has 0 aliphatic carbocycles. The molecule has 0 amide bonds. The predicted octanol–water partition coefficient (Wildman–Crippen LogP) is 1.90. The molecule has 1 aromatic heterocycles. The third-order valence-electron chi connectivity index (χ3n) is 2.10. The molecule has 0 atom stereocenters. The van der Waals surface area contributed by atoms with E-state index >= 15 is 0 Å². The van der Waals surface area contributed by atoms with Crippen LogP contribution in [-0.4, -0.2) is 20.9 Å². The first-order chi connectivity index (χ1) is 6.52. The van der Waals surface area contributed by atoms with Gasteiger partial charge in [-0.25, -0.2) is 0 Å². The van der Waals surface area contributed by atoms with Gasteiger partial charge in [0.1, 0.15) is 4.60 Å². The molecule has 0 bridgehead atoms. The van der Waals surface area contributed by atoms with Crippen LogP contribution in [0, 0.1) is 6.92 Å². The fourth-order valence-corrected chi connectivity index (χ4v) is 1.61. The van der Waals surface area contributed by atoms with E-state index < -0.39 is 5.97 Å². The zero-order valence-corrected chi connectivity index (χ0v) is 9.84. The molecule has 0 fully saturated rings. The van der Waals surface area contributed by atoms with Gasteiger partial charge < -0.3 is 5.11 Å². The molecule has 78 valence electrons. The number of carboxylic acids is 1. The van der Waals surface area contributed by atoms with Crippen molar-refractivity contribution in [2.75, 3.05) is 0 Å². The molecular formula is C9H13BrN2O2. The lowest BCUT2D eigenvalue weighted by atomic mass is 10.1. The van der Waals surface area contributed by atoms with Crippen molar-refractivity contribution < 1.29 is 9.90 Å². The van der Waals surface area contributed by atoms with Crippen LogP contribution in [0.5, 0.6) is 0 Å². The number of aliphatic carboxylic acids is 1. The number of carboxylic acid groups (broad SMARTS) is 1. The van der Waals surface area contributed by atoms with Crippen molar-refractivity contribution in [3.63, 3.8) is 0 Å². The Morgan fingerprint density at radius 2 is 2.29 bits per heavy atom. The summed E-state index contributed by atoms with van der Waals surface area (Å²) < 4.78 is 2.72. The van der Waals surface area contributed by atoms with Gasteiger partial charge in [0.05, 0.1) is 5.69 Å². The number of hydrogen-bond donors (Lipinski definition) is 1. The van der Waals surface area contributed by atoms with E-state index in [1.165, 1.54) is 0 Å². The molecule has 0 unspecified atom stereocenters. The number of halogens is 1. The number of carbonyl (C=O) groups is 1. The van der Waals surface area contributed by atoms with Crippen LogP contribution < -0.4 is 0 Å². The van der Waals surface area contributed by atoms with Gasteiger partial charge in [0.25, 0.3) is 0 Å². The molecule has 4 nitrogen and oxygen atoms in total. The Kier molecular flexibility index (Phi) is 3.69. The van der Waals surface area contributed by atoms with E-state index in [0.29, 0.717) is 6.42 Å². The van der Waals surface area contributed by atoms with Gasteiger partial charge in [0.2, 0.25) is 0 Å². The van der Waals surface area contributed by atoms with Gasteiger partial charge in [0.15, 0.2) is 0 Å². The van der Waals surface area contributed by atoms with Crippen molar-refractivity contribution in [3.05, 3.63) is 15.9 Å². The Bertz CT molecular complexity index is 347. The summed E-state index contributed by atoms with van der Waals surface area (Å²) in [6, 6.07) is 0. The zero-order chi connectivity index (χ0) is 10.7. The maximum atomic E-state index is 10.3. The van der Waals surface area contributed by atoms with Crippen LogP contribution >= 0.6 is 15.9 Å². The highest BCUT2D eigenvalue weighted by Crippen LogP contribution is 2.19. The Labute approximate surface area is 91.1 Å². The minimum Gasteiger partial charge on any atom is -0.481 e. The second-order valence-electron chi connectivity index (χ2n) is 3.23. The van der Waals surface area contributed by atoms with Crippen LogP contribution in [-0.2, 0) is 18.3 Å². The first-order valence-electron chi connectivity index (χ1n) is 4.42. The topological polar surface area (TPSA) is 55.1 Å². The van der Waals surface area contributed by atoms with E-state index in [2.05, 4.69) is 21.0 Å². The lowest BCUT2D eigenvalue weighted by molar-refractivity contribution is -0.137. The van der Waals surface area contributed by atoms with Gasteiger partial charge in [-0.3, -0.25) is 9.48 Å². The summed E-state index contributed by atoms with van der Waals surface area (Å²) in [6.45, 7) is 1.98. The summed E-state index contributed by atoms with van der Waals surface area (Å²) in [5, 5.41) is 12.8. The van der Waals surface area contributed by atoms with Crippen LogP contribution in [0.3, 0.4) is 0 Å². The second-order valence-corrected chi connectivity index (χ2v) is 3.98. The summed E-state index contributed by atoms with van der Waals surface area (Å²) in [6.07, 6.45) is 1.56. The van der Waals surface area contributed by atoms with E-state index in [0.717, 1.165) is 22.3 Å². The van der Waals surface area contributed by atoms with Crippen LogP contribution in [0.2, 0.25) is 0 Å². The standard InChI is InChI=1S/C9H13BrN2O2/c1-6-7(4-3-5-8(13)14)11-12(2)9(6)10/h3-5H2,1-2H3,(H,13,14). The van der Waals surface area contributed by atoms with Gasteiger partial charge >= 0.3 is 5.97 Å². The highest BCUT2D eigenvalue weighted by molar-refractivity contribution is 9.10. The summed E-state index contributed by atoms with van der Waals surface area (Å²) in [5.41, 5.74) is 2.07. The third-order valence-corrected chi connectivity index (χ3v) is 3.21. The Balaban J connectivity index is 2.59. The average Bonchev–Trinajstić information content (AvgIpc) is 2.33. The lowest BCUT2D eigenvalue weighted by Gasteiger charge is -1.95. The molecule has 5 heteroatoms. The third kappa shape index (κ3) is 2.57. The maximum absolute atomic E-state index is 10.3. The van der Waals surface area contributed by atoms with Crippen LogP contribution in [0.1, 0.15) is 24.1 Å². The molecule has 1 N–H and O–H groups in total. The van der Waals surface area contributed by atoms with Gasteiger partial charge in [-0.15, -0.1) is 0 Å². The Morgan fingerprint density at radius 1 is 1.64 bits per heavy atom. The summed E-state index contributed by atoms with van der Waals surface area (Å²) >= 11 is 3.40. The minimum absolute atomic E-state index is 0.202. The largest absolute Gasteiger partial charge is 0.481 e. The molecule has 0 aliphatic heterocycles. The molecule has 0 saturated heterocycles. The highest BCUT2D eigenvalue weighted by Gasteiger charge is 2.09. The average molecular weight is 261 g/mol. The van der Waals surface area contributed by atoms with Crippen molar-refractivity contribution in [2.24, 2.45) is 7.05 Å². The zero-order valence-electron chi connectivity index (χ0n) is 8.25. The monoisotopic (exact) mass is 260 g/mol. The minimum atomic E-state index is -0.752. The smallest absolute Gasteiger partial charge is 0.303 e. The fraction of sp³-hybridized carbons (Fsp3) is 0.556. The van der Waals surface area contributed by atoms with Gasteiger partial charge in [-0.2, -0.15) is 5.10 Å². The van der Waals surface area contributed by atoms with E-state index in [1.54, 1.807) is 4.68 Å². The van der Waals surface area contributed by atoms with Gasteiger partial charge in [-0.05, 0) is 35.7 Å². The summed E-state index contributed by atoms with van der Waals surface area (Å²) in [7, 11) is 1.86. The molecule has 0 saturated carbocycles. The first-order valence-corrected chi connectivity index (χ1v) is 5.21. The number of aryl methyl sites for hydroxylation is 2. The molecular weight excluding hydrogens is 248 g/mol. The fourth-order valence-electron chi connectivity index (χ4n) is 1.31. The van der Waals surface area contributed by atoms with Gasteiger partial charge in [-0.1, -0.05) is 0 Å². The molecule has 1 rings (SSSR count). The SMILES string of the molecule is Cc1c(CCCC(=O)O)nn(C)c1Br. The van der Waals surface area contributed by atoms with Crippen molar-refractivity contribution in [1.82, 2.24) is 9.78 Å². The maximum Gasteiger partial charge on any atom is 0.303 e. The van der Waals surface area contributed by atoms with Crippen LogP contribution in [0.4, 0.5) is 0 Å². The quantitative estimate of drug-likeness (QED) is 0.900. The highest BCUT2D eigenvalue weighted by atomic mass is 79.9. The van der Waals surface area contributed by atoms with E-state index in [4.69, 9.17) is 5.11 Å². The summed E-state index contributed by atoms with van der Waals surface area (Å²) in [5.74, 6) is -0.752. The van der Waals surface area contributed by atoms with E-state index in [1.807, 2.05) is 14.0 Å². The van der Waals surface area contributed by atoms with Crippen LogP contribution in [0.25, 0.3) is 0 Å². The van der Waals surface area contributed by atoms with Crippen molar-refractivity contribution >= 4 is 21.9 Å². The predicted molar refractivity (Wildman–Crippen MR) is 56.2 cm³/mol. The van der Waals surface area contributed by atoms with Crippen molar-refractivity contribution in [1.29, 1.82) is 0 Å². The summed E-state index contributed by atoms with van der Waals surface area (Å²) in [4.78, 5) is 10.3.